The molecule has 12 heteroatoms. The van der Waals surface area contributed by atoms with E-state index in [1.54, 1.807) is 0 Å². The highest BCUT2D eigenvalue weighted by molar-refractivity contribution is 6.30. The molecule has 0 aromatic heterocycles. The monoisotopic (exact) mass is 534 g/mol. The lowest BCUT2D eigenvalue weighted by atomic mass is 9.86. The van der Waals surface area contributed by atoms with E-state index < -0.39 is 39.8 Å². The van der Waals surface area contributed by atoms with Crippen molar-refractivity contribution in [1.29, 1.82) is 0 Å². The number of nitrogens with one attached hydrogen (secondary N) is 1. The van der Waals surface area contributed by atoms with Crippen LogP contribution < -0.4 is 5.48 Å². The summed E-state index contributed by atoms with van der Waals surface area (Å²) in [7, 11) is 0. The Hall–Kier alpha value is -2.79. The van der Waals surface area contributed by atoms with E-state index in [-0.39, 0.29) is 41.7 Å². The molecule has 4 nitrogen and oxygen atoms in total. The minimum atomic E-state index is -5.15. The average Bonchev–Trinajstić information content (AvgIpc) is 3.52. The van der Waals surface area contributed by atoms with Crippen molar-refractivity contribution in [2.75, 3.05) is 13.1 Å². The minimum Gasteiger partial charge on any atom is -0.335 e. The number of nitrogens with zero attached hydrogens (tertiary/aromatic N) is 1. The Morgan fingerprint density at radius 2 is 1.64 bits per heavy atom. The Labute approximate surface area is 205 Å². The maximum atomic E-state index is 15.2. The Bertz CT molecular complexity index is 1230. The molecule has 2 heterocycles. The molecule has 1 unspecified atom stereocenters. The van der Waals surface area contributed by atoms with E-state index in [0.717, 1.165) is 18.9 Å². The molecule has 1 amide bonds. The van der Waals surface area contributed by atoms with Crippen LogP contribution >= 0.6 is 11.6 Å². The number of benzene rings is 2. The Kier molecular flexibility index (Phi) is 5.60. The number of hydroxylamine groups is 1. The summed E-state index contributed by atoms with van der Waals surface area (Å²) in [6.45, 7) is -0.196. The Balaban J connectivity index is 1.42. The van der Waals surface area contributed by atoms with Gasteiger partial charge in [-0.25, -0.2) is 4.39 Å². The fraction of sp³-hybridized carbons (Fsp3) is 0.375. The second-order valence-electron chi connectivity index (χ2n) is 9.23. The SMILES string of the molecule is O=C(C1CC1)N1CC(F)(c2ccc(C3=CC(c4cc(Cl)cc(C(F)(F)F)c4)(C(F)(F)F)ON3)cc2)C1. The van der Waals surface area contributed by atoms with Crippen molar-refractivity contribution in [1.82, 2.24) is 10.4 Å². The van der Waals surface area contributed by atoms with E-state index in [4.69, 9.17) is 16.4 Å². The van der Waals surface area contributed by atoms with E-state index in [0.29, 0.717) is 18.2 Å². The highest BCUT2D eigenvalue weighted by Gasteiger charge is 2.60. The van der Waals surface area contributed by atoms with Gasteiger partial charge in [0.15, 0.2) is 5.67 Å². The molecule has 2 aromatic rings. The summed E-state index contributed by atoms with van der Waals surface area (Å²) < 4.78 is 97.4. The highest BCUT2D eigenvalue weighted by Crippen LogP contribution is 2.49. The molecule has 1 N–H and O–H groups in total. The van der Waals surface area contributed by atoms with Crippen LogP contribution in [-0.4, -0.2) is 30.1 Å². The van der Waals surface area contributed by atoms with Crippen LogP contribution in [0.25, 0.3) is 5.70 Å². The van der Waals surface area contributed by atoms with Crippen molar-refractivity contribution < 1.29 is 40.4 Å². The zero-order chi connectivity index (χ0) is 26.1. The van der Waals surface area contributed by atoms with Gasteiger partial charge in [0, 0.05) is 16.5 Å². The third kappa shape index (κ3) is 4.21. The van der Waals surface area contributed by atoms with Crippen LogP contribution in [0.15, 0.2) is 48.5 Å². The number of likely N-dealkylation sites (tertiary alicyclic amines) is 1. The summed E-state index contributed by atoms with van der Waals surface area (Å²) in [4.78, 5) is 18.4. The lowest BCUT2D eigenvalue weighted by molar-refractivity contribution is -0.269. The quantitative estimate of drug-likeness (QED) is 0.481. The number of halogens is 8. The Morgan fingerprint density at radius 1 is 1.00 bits per heavy atom. The molecule has 192 valence electrons. The molecule has 5 rings (SSSR count). The van der Waals surface area contributed by atoms with Gasteiger partial charge in [-0.3, -0.25) is 15.1 Å². The van der Waals surface area contributed by atoms with Gasteiger partial charge < -0.3 is 4.90 Å². The molecular weight excluding hydrogens is 517 g/mol. The fourth-order valence-electron chi connectivity index (χ4n) is 4.39. The van der Waals surface area contributed by atoms with E-state index in [9.17, 15) is 31.1 Å². The molecule has 1 saturated carbocycles. The van der Waals surface area contributed by atoms with Gasteiger partial charge in [-0.1, -0.05) is 35.9 Å². The molecule has 2 fully saturated rings. The molecule has 1 saturated heterocycles. The van der Waals surface area contributed by atoms with Gasteiger partial charge in [0.25, 0.3) is 0 Å². The first kappa shape index (κ1) is 24.9. The van der Waals surface area contributed by atoms with Crippen LogP contribution in [0.5, 0.6) is 0 Å². The lowest BCUT2D eigenvalue weighted by Crippen LogP contribution is -2.59. The summed E-state index contributed by atoms with van der Waals surface area (Å²) >= 11 is 5.71. The number of hydrogen-bond donors (Lipinski definition) is 1. The second kappa shape index (κ2) is 8.11. The normalized spacial score (nSPS) is 23.7. The predicted molar refractivity (Wildman–Crippen MR) is 115 cm³/mol. The highest BCUT2D eigenvalue weighted by atomic mass is 35.5. The van der Waals surface area contributed by atoms with Gasteiger partial charge in [-0.05, 0) is 48.2 Å². The van der Waals surface area contributed by atoms with Gasteiger partial charge in [0.05, 0.1) is 24.4 Å². The first-order valence-electron chi connectivity index (χ1n) is 10.9. The van der Waals surface area contributed by atoms with Crippen molar-refractivity contribution in [2.45, 2.75) is 36.5 Å². The third-order valence-electron chi connectivity index (χ3n) is 6.58. The molecule has 3 aliphatic rings. The zero-order valence-electron chi connectivity index (χ0n) is 18.3. The first-order chi connectivity index (χ1) is 16.7. The van der Waals surface area contributed by atoms with Crippen LogP contribution in [-0.2, 0) is 27.1 Å². The maximum Gasteiger partial charge on any atom is 0.428 e. The smallest absolute Gasteiger partial charge is 0.335 e. The molecule has 1 aliphatic carbocycles. The van der Waals surface area contributed by atoms with Crippen LogP contribution in [0.3, 0.4) is 0 Å². The van der Waals surface area contributed by atoms with Crippen molar-refractivity contribution in [3.05, 3.63) is 75.8 Å². The van der Waals surface area contributed by atoms with Crippen molar-refractivity contribution in [3.63, 3.8) is 0 Å². The Morgan fingerprint density at radius 3 is 2.19 bits per heavy atom. The summed E-state index contributed by atoms with van der Waals surface area (Å²) in [5, 5.41) is -0.541. The van der Waals surface area contributed by atoms with Crippen LogP contribution in [0, 0.1) is 5.92 Å². The summed E-state index contributed by atoms with van der Waals surface area (Å²) in [5.74, 6) is -0.103. The average molecular weight is 535 g/mol. The number of alkyl halides is 7. The van der Waals surface area contributed by atoms with Crippen LogP contribution in [0.1, 0.15) is 35.1 Å². The number of amides is 1. The first-order valence-corrected chi connectivity index (χ1v) is 11.3. The van der Waals surface area contributed by atoms with E-state index >= 15 is 4.39 Å². The standard InChI is InChI=1S/C24H18ClF7N2O2/c25-18-8-16(7-17(9-18)23(27,28)29)22(24(30,31)32)10-19(33-36-22)13-3-5-15(6-4-13)21(26)11-34(12-21)20(35)14-1-2-14/h3-10,14,33H,1-2,11-12H2. The van der Waals surface area contributed by atoms with Crippen LogP contribution in [0.4, 0.5) is 30.7 Å². The molecule has 2 aliphatic heterocycles. The maximum absolute atomic E-state index is 15.2. The van der Waals surface area contributed by atoms with Crippen molar-refractivity contribution in [3.8, 4) is 0 Å². The number of carbonyl (C=O) groups excluding carboxylic acids is 1. The largest absolute Gasteiger partial charge is 0.428 e. The van der Waals surface area contributed by atoms with E-state index in [1.165, 1.54) is 29.2 Å². The van der Waals surface area contributed by atoms with Gasteiger partial charge >= 0.3 is 12.4 Å². The molecule has 0 bridgehead atoms. The molecular formula is C24H18ClF7N2O2. The molecule has 36 heavy (non-hydrogen) atoms. The van der Waals surface area contributed by atoms with Crippen molar-refractivity contribution in [2.24, 2.45) is 5.92 Å². The molecule has 2 aromatic carbocycles. The number of carbonyl (C=O) groups is 1. The minimum absolute atomic E-state index is 0.0297. The van der Waals surface area contributed by atoms with Gasteiger partial charge in [0.2, 0.25) is 11.5 Å². The number of rotatable bonds is 4. The van der Waals surface area contributed by atoms with Gasteiger partial charge in [-0.2, -0.15) is 26.3 Å². The molecule has 1 atom stereocenters. The fourth-order valence-corrected chi connectivity index (χ4v) is 4.62. The zero-order valence-corrected chi connectivity index (χ0v) is 19.1. The van der Waals surface area contributed by atoms with E-state index in [1.807, 2.05) is 0 Å². The topological polar surface area (TPSA) is 41.6 Å². The second-order valence-corrected chi connectivity index (χ2v) is 9.67. The lowest BCUT2D eigenvalue weighted by Gasteiger charge is -2.45. The number of hydrogen-bond acceptors (Lipinski definition) is 3. The van der Waals surface area contributed by atoms with E-state index in [2.05, 4.69) is 5.48 Å². The van der Waals surface area contributed by atoms with Gasteiger partial charge in [0.1, 0.15) is 0 Å². The molecule has 0 spiro atoms. The van der Waals surface area contributed by atoms with Crippen LogP contribution in [0.2, 0.25) is 5.02 Å². The van der Waals surface area contributed by atoms with Gasteiger partial charge in [-0.15, -0.1) is 0 Å². The van der Waals surface area contributed by atoms with Crippen molar-refractivity contribution >= 4 is 23.2 Å². The summed E-state index contributed by atoms with van der Waals surface area (Å²) in [6.07, 6.45) is -7.84. The third-order valence-corrected chi connectivity index (χ3v) is 6.80. The molecule has 0 radical (unpaired) electrons. The summed E-state index contributed by atoms with van der Waals surface area (Å²) in [5.41, 5.74) is -4.79. The predicted octanol–water partition coefficient (Wildman–Crippen LogP) is 6.11. The summed E-state index contributed by atoms with van der Waals surface area (Å²) in [6, 6.07) is 7.14.